The van der Waals surface area contributed by atoms with Gasteiger partial charge in [-0.15, -0.1) is 0 Å². The van der Waals surface area contributed by atoms with Crippen molar-refractivity contribution in [3.8, 4) is 0 Å². The molecule has 0 aliphatic heterocycles. The molecule has 2 heteroatoms. The highest BCUT2D eigenvalue weighted by Gasteiger charge is 2.04. The minimum atomic E-state index is -0.139. The number of hydrogen-bond donors (Lipinski definition) is 1. The summed E-state index contributed by atoms with van der Waals surface area (Å²) in [4.78, 5) is 2.23. The van der Waals surface area contributed by atoms with Gasteiger partial charge < -0.3 is 10.0 Å². The molecule has 10 heavy (non-hydrogen) atoms. The van der Waals surface area contributed by atoms with Gasteiger partial charge in [-0.1, -0.05) is 20.8 Å². The Labute approximate surface area is 63.8 Å². The van der Waals surface area contributed by atoms with Crippen molar-refractivity contribution in [3.05, 3.63) is 0 Å². The SMILES string of the molecule is CCC(O)CN(CC)CC. The van der Waals surface area contributed by atoms with Crippen LogP contribution in [0.1, 0.15) is 27.2 Å². The summed E-state index contributed by atoms with van der Waals surface area (Å²) < 4.78 is 0. The molecule has 0 aromatic carbocycles. The van der Waals surface area contributed by atoms with Crippen molar-refractivity contribution in [3.63, 3.8) is 0 Å². The van der Waals surface area contributed by atoms with Gasteiger partial charge in [0, 0.05) is 6.54 Å². The van der Waals surface area contributed by atoms with Crippen LogP contribution in [-0.4, -0.2) is 35.7 Å². The lowest BCUT2D eigenvalue weighted by atomic mass is 10.2. The number of likely N-dealkylation sites (N-methyl/N-ethyl adjacent to an activating group) is 1. The summed E-state index contributed by atoms with van der Waals surface area (Å²) in [6.45, 7) is 9.14. The first-order chi connectivity index (χ1) is 4.74. The zero-order valence-corrected chi connectivity index (χ0v) is 7.30. The maximum atomic E-state index is 9.25. The van der Waals surface area contributed by atoms with E-state index < -0.39 is 0 Å². The van der Waals surface area contributed by atoms with Gasteiger partial charge in [-0.3, -0.25) is 0 Å². The average molecular weight is 145 g/mol. The highest BCUT2D eigenvalue weighted by atomic mass is 16.3. The number of hydrogen-bond acceptors (Lipinski definition) is 2. The van der Waals surface area contributed by atoms with E-state index >= 15 is 0 Å². The van der Waals surface area contributed by atoms with Crippen LogP contribution in [0.3, 0.4) is 0 Å². The van der Waals surface area contributed by atoms with Crippen LogP contribution in [0.5, 0.6) is 0 Å². The van der Waals surface area contributed by atoms with E-state index in [2.05, 4.69) is 18.7 Å². The molecule has 0 radical (unpaired) electrons. The highest BCUT2D eigenvalue weighted by Crippen LogP contribution is 1.94. The van der Waals surface area contributed by atoms with Crippen molar-refractivity contribution in [1.82, 2.24) is 4.90 Å². The van der Waals surface area contributed by atoms with Gasteiger partial charge in [0.25, 0.3) is 0 Å². The fourth-order valence-electron chi connectivity index (χ4n) is 0.909. The molecule has 0 bridgehead atoms. The number of aliphatic hydroxyl groups is 1. The lowest BCUT2D eigenvalue weighted by Crippen LogP contribution is -2.31. The van der Waals surface area contributed by atoms with Crippen LogP contribution in [0.15, 0.2) is 0 Å². The van der Waals surface area contributed by atoms with Crippen LogP contribution >= 0.6 is 0 Å². The van der Waals surface area contributed by atoms with Crippen molar-refractivity contribution in [2.45, 2.75) is 33.3 Å². The molecule has 0 heterocycles. The smallest absolute Gasteiger partial charge is 0.0664 e. The van der Waals surface area contributed by atoms with Crippen LogP contribution < -0.4 is 0 Å². The Hall–Kier alpha value is -0.0800. The lowest BCUT2D eigenvalue weighted by Gasteiger charge is -2.20. The van der Waals surface area contributed by atoms with Gasteiger partial charge >= 0.3 is 0 Å². The molecular formula is C8H19NO. The molecule has 0 aliphatic carbocycles. The number of rotatable bonds is 5. The Morgan fingerprint density at radius 2 is 1.70 bits per heavy atom. The molecular weight excluding hydrogens is 126 g/mol. The van der Waals surface area contributed by atoms with Crippen molar-refractivity contribution >= 4 is 0 Å². The zero-order valence-electron chi connectivity index (χ0n) is 7.30. The fourth-order valence-corrected chi connectivity index (χ4v) is 0.909. The van der Waals surface area contributed by atoms with Gasteiger partial charge in [0.15, 0.2) is 0 Å². The Morgan fingerprint density at radius 1 is 1.20 bits per heavy atom. The minimum Gasteiger partial charge on any atom is -0.392 e. The molecule has 62 valence electrons. The summed E-state index contributed by atoms with van der Waals surface area (Å²) in [5.74, 6) is 0. The van der Waals surface area contributed by atoms with E-state index in [1.54, 1.807) is 0 Å². The van der Waals surface area contributed by atoms with Crippen LogP contribution in [0.4, 0.5) is 0 Å². The second-order valence-electron chi connectivity index (χ2n) is 2.55. The molecule has 1 N–H and O–H groups in total. The summed E-state index contributed by atoms with van der Waals surface area (Å²) in [5, 5.41) is 9.25. The van der Waals surface area contributed by atoms with E-state index in [1.807, 2.05) is 6.92 Å². The molecule has 0 fully saturated rings. The molecule has 1 unspecified atom stereocenters. The van der Waals surface area contributed by atoms with Gasteiger partial charge in [0.2, 0.25) is 0 Å². The molecule has 2 nitrogen and oxygen atoms in total. The zero-order chi connectivity index (χ0) is 7.98. The first-order valence-corrected chi connectivity index (χ1v) is 4.14. The van der Waals surface area contributed by atoms with Crippen molar-refractivity contribution in [1.29, 1.82) is 0 Å². The minimum absolute atomic E-state index is 0.139. The standard InChI is InChI=1S/C8H19NO/c1-4-8(10)7-9(5-2)6-3/h8,10H,4-7H2,1-3H3. The van der Waals surface area contributed by atoms with E-state index in [9.17, 15) is 5.11 Å². The third kappa shape index (κ3) is 3.85. The topological polar surface area (TPSA) is 23.5 Å². The lowest BCUT2D eigenvalue weighted by molar-refractivity contribution is 0.115. The first-order valence-electron chi connectivity index (χ1n) is 4.14. The van der Waals surface area contributed by atoms with Crippen molar-refractivity contribution in [2.24, 2.45) is 0 Å². The molecule has 0 amide bonds. The monoisotopic (exact) mass is 145 g/mol. The van der Waals surface area contributed by atoms with E-state index in [1.165, 1.54) is 0 Å². The van der Waals surface area contributed by atoms with Gasteiger partial charge in [0.05, 0.1) is 6.10 Å². The Kier molecular flexibility index (Phi) is 5.64. The highest BCUT2D eigenvalue weighted by molar-refractivity contribution is 4.59. The van der Waals surface area contributed by atoms with E-state index in [4.69, 9.17) is 0 Å². The summed E-state index contributed by atoms with van der Waals surface area (Å²) in [7, 11) is 0. The maximum Gasteiger partial charge on any atom is 0.0664 e. The van der Waals surface area contributed by atoms with Crippen molar-refractivity contribution < 1.29 is 5.11 Å². The summed E-state index contributed by atoms with van der Waals surface area (Å²) in [6, 6.07) is 0. The fraction of sp³-hybridized carbons (Fsp3) is 1.00. The van der Waals surface area contributed by atoms with Gasteiger partial charge in [-0.2, -0.15) is 0 Å². The summed E-state index contributed by atoms with van der Waals surface area (Å²) in [6.07, 6.45) is 0.719. The first kappa shape index (κ1) is 9.92. The molecule has 1 atom stereocenters. The van der Waals surface area contributed by atoms with Crippen LogP contribution in [0, 0.1) is 0 Å². The largest absolute Gasteiger partial charge is 0.392 e. The Bertz CT molecular complexity index is 71.7. The molecule has 0 rings (SSSR count). The Balaban J connectivity index is 3.41. The number of nitrogens with zero attached hydrogens (tertiary/aromatic N) is 1. The summed E-state index contributed by atoms with van der Waals surface area (Å²) >= 11 is 0. The molecule has 0 saturated heterocycles. The second-order valence-corrected chi connectivity index (χ2v) is 2.55. The van der Waals surface area contributed by atoms with E-state index in [-0.39, 0.29) is 6.10 Å². The molecule has 0 saturated carbocycles. The molecule has 0 aromatic heterocycles. The quantitative estimate of drug-likeness (QED) is 0.626. The van der Waals surface area contributed by atoms with Crippen LogP contribution in [0.25, 0.3) is 0 Å². The predicted molar refractivity (Wildman–Crippen MR) is 44.1 cm³/mol. The van der Waals surface area contributed by atoms with Gasteiger partial charge in [0.1, 0.15) is 0 Å². The molecule has 0 aromatic rings. The van der Waals surface area contributed by atoms with Crippen LogP contribution in [-0.2, 0) is 0 Å². The Morgan fingerprint density at radius 3 is 2.00 bits per heavy atom. The van der Waals surface area contributed by atoms with Gasteiger partial charge in [-0.05, 0) is 19.5 Å². The third-order valence-corrected chi connectivity index (χ3v) is 1.83. The third-order valence-electron chi connectivity index (χ3n) is 1.83. The normalized spacial score (nSPS) is 14.1. The maximum absolute atomic E-state index is 9.25. The van der Waals surface area contributed by atoms with E-state index in [0.717, 1.165) is 26.1 Å². The molecule has 0 aliphatic rings. The van der Waals surface area contributed by atoms with E-state index in [0.29, 0.717) is 0 Å². The summed E-state index contributed by atoms with van der Waals surface area (Å²) in [5.41, 5.74) is 0. The van der Waals surface area contributed by atoms with Gasteiger partial charge in [-0.25, -0.2) is 0 Å². The van der Waals surface area contributed by atoms with Crippen LogP contribution in [0.2, 0.25) is 0 Å². The average Bonchev–Trinajstić information content (AvgIpc) is 1.99. The van der Waals surface area contributed by atoms with Crippen molar-refractivity contribution in [2.75, 3.05) is 19.6 Å². The molecule has 0 spiro atoms. The number of aliphatic hydroxyl groups excluding tert-OH is 1. The second kappa shape index (κ2) is 5.69. The predicted octanol–water partition coefficient (Wildman–Crippen LogP) is 1.10.